The SMILES string of the molecule is Fc1ccc(-c2c3ccccc3c(-c3ccc4c5c(cccc35)Sc3ccccc3-4)c3ccccc23)cc1. The minimum Gasteiger partial charge on any atom is -0.207 e. The van der Waals surface area contributed by atoms with Crippen LogP contribution in [0.2, 0.25) is 0 Å². The van der Waals surface area contributed by atoms with Crippen LogP contribution in [0.3, 0.4) is 0 Å². The fraction of sp³-hybridized carbons (Fsp3) is 0. The van der Waals surface area contributed by atoms with Crippen molar-refractivity contribution in [2.75, 3.05) is 0 Å². The van der Waals surface area contributed by atoms with Gasteiger partial charge in [-0.1, -0.05) is 115 Å². The van der Waals surface area contributed by atoms with E-state index in [9.17, 15) is 4.39 Å². The molecule has 0 spiro atoms. The number of hydrogen-bond donors (Lipinski definition) is 0. The second-order valence-corrected chi connectivity index (χ2v) is 10.9. The molecule has 0 radical (unpaired) electrons. The Morgan fingerprint density at radius 3 is 1.66 bits per heavy atom. The summed E-state index contributed by atoms with van der Waals surface area (Å²) in [6.45, 7) is 0. The largest absolute Gasteiger partial charge is 0.207 e. The predicted molar refractivity (Wildman–Crippen MR) is 159 cm³/mol. The highest BCUT2D eigenvalue weighted by molar-refractivity contribution is 7.99. The minimum atomic E-state index is -0.220. The van der Waals surface area contributed by atoms with Crippen LogP contribution >= 0.6 is 11.8 Å². The second-order valence-electron chi connectivity index (χ2n) is 9.79. The van der Waals surface area contributed by atoms with Crippen LogP contribution in [0, 0.1) is 5.82 Å². The number of hydrogen-bond acceptors (Lipinski definition) is 1. The molecule has 0 saturated carbocycles. The zero-order valence-electron chi connectivity index (χ0n) is 20.4. The molecule has 0 aliphatic carbocycles. The molecule has 7 aromatic rings. The molecule has 0 N–H and O–H groups in total. The molecular formula is C36H21FS. The average molecular weight is 505 g/mol. The van der Waals surface area contributed by atoms with E-state index in [1.54, 1.807) is 12.1 Å². The lowest BCUT2D eigenvalue weighted by Gasteiger charge is -2.23. The summed E-state index contributed by atoms with van der Waals surface area (Å²) in [5.41, 5.74) is 7.25. The van der Waals surface area contributed by atoms with Crippen LogP contribution < -0.4 is 0 Å². The van der Waals surface area contributed by atoms with Gasteiger partial charge in [-0.15, -0.1) is 0 Å². The third kappa shape index (κ3) is 3.11. The maximum Gasteiger partial charge on any atom is 0.123 e. The molecule has 0 aromatic heterocycles. The average Bonchev–Trinajstić information content (AvgIpc) is 2.97. The maximum absolute atomic E-state index is 13.9. The van der Waals surface area contributed by atoms with Gasteiger partial charge in [0.1, 0.15) is 5.82 Å². The number of benzene rings is 7. The van der Waals surface area contributed by atoms with Crippen LogP contribution in [0.4, 0.5) is 4.39 Å². The topological polar surface area (TPSA) is 0 Å². The normalized spacial score (nSPS) is 12.2. The van der Waals surface area contributed by atoms with E-state index in [4.69, 9.17) is 0 Å². The molecule has 7 aromatic carbocycles. The molecule has 1 heterocycles. The van der Waals surface area contributed by atoms with Gasteiger partial charge in [0.05, 0.1) is 0 Å². The number of halogens is 1. The summed E-state index contributed by atoms with van der Waals surface area (Å²) in [5, 5.41) is 7.35. The van der Waals surface area contributed by atoms with Crippen LogP contribution in [0.5, 0.6) is 0 Å². The first-order valence-corrected chi connectivity index (χ1v) is 13.6. The van der Waals surface area contributed by atoms with Crippen molar-refractivity contribution >= 4 is 44.1 Å². The monoisotopic (exact) mass is 504 g/mol. The first-order chi connectivity index (χ1) is 18.8. The third-order valence-electron chi connectivity index (χ3n) is 7.73. The van der Waals surface area contributed by atoms with Crippen molar-refractivity contribution < 1.29 is 4.39 Å². The molecule has 38 heavy (non-hydrogen) atoms. The Balaban J connectivity index is 1.51. The fourth-order valence-electron chi connectivity index (χ4n) is 6.14. The number of fused-ring (bicyclic) bond motifs is 4. The van der Waals surface area contributed by atoms with Crippen LogP contribution in [-0.4, -0.2) is 0 Å². The lowest BCUT2D eigenvalue weighted by atomic mass is 9.83. The Kier molecular flexibility index (Phi) is 4.74. The van der Waals surface area contributed by atoms with Gasteiger partial charge in [0, 0.05) is 15.2 Å². The van der Waals surface area contributed by atoms with Gasteiger partial charge in [0.25, 0.3) is 0 Å². The zero-order chi connectivity index (χ0) is 25.2. The Bertz CT molecular complexity index is 2000. The predicted octanol–water partition coefficient (Wildman–Crippen LogP) is 10.8. The molecule has 8 rings (SSSR count). The summed E-state index contributed by atoms with van der Waals surface area (Å²) in [6, 6.07) is 44.1. The highest BCUT2D eigenvalue weighted by Crippen LogP contribution is 2.51. The highest BCUT2D eigenvalue weighted by Gasteiger charge is 2.23. The van der Waals surface area contributed by atoms with Crippen molar-refractivity contribution in [3.05, 3.63) is 133 Å². The van der Waals surface area contributed by atoms with E-state index < -0.39 is 0 Å². The van der Waals surface area contributed by atoms with Gasteiger partial charge in [-0.25, -0.2) is 4.39 Å². The summed E-state index contributed by atoms with van der Waals surface area (Å²) >= 11 is 1.86. The third-order valence-corrected chi connectivity index (χ3v) is 8.87. The lowest BCUT2D eigenvalue weighted by molar-refractivity contribution is 0.628. The van der Waals surface area contributed by atoms with Gasteiger partial charge in [-0.2, -0.15) is 0 Å². The van der Waals surface area contributed by atoms with Crippen LogP contribution in [0.25, 0.3) is 65.7 Å². The van der Waals surface area contributed by atoms with Gasteiger partial charge < -0.3 is 0 Å². The Labute approximate surface area is 224 Å². The fourth-order valence-corrected chi connectivity index (χ4v) is 7.28. The van der Waals surface area contributed by atoms with Crippen molar-refractivity contribution in [1.29, 1.82) is 0 Å². The van der Waals surface area contributed by atoms with Gasteiger partial charge in [0.2, 0.25) is 0 Å². The molecule has 178 valence electrons. The van der Waals surface area contributed by atoms with Crippen molar-refractivity contribution in [2.24, 2.45) is 0 Å². The summed E-state index contributed by atoms with van der Waals surface area (Å²) in [7, 11) is 0. The summed E-state index contributed by atoms with van der Waals surface area (Å²) < 4.78 is 13.9. The number of rotatable bonds is 2. The Morgan fingerprint density at radius 2 is 0.947 bits per heavy atom. The van der Waals surface area contributed by atoms with E-state index in [-0.39, 0.29) is 5.82 Å². The lowest BCUT2D eigenvalue weighted by Crippen LogP contribution is -1.95. The molecule has 0 nitrogen and oxygen atoms in total. The van der Waals surface area contributed by atoms with E-state index in [0.717, 1.165) is 11.1 Å². The molecular weight excluding hydrogens is 483 g/mol. The van der Waals surface area contributed by atoms with E-state index in [0.29, 0.717) is 0 Å². The Morgan fingerprint density at radius 1 is 0.395 bits per heavy atom. The van der Waals surface area contributed by atoms with Crippen molar-refractivity contribution in [2.45, 2.75) is 9.79 Å². The van der Waals surface area contributed by atoms with Gasteiger partial charge in [0.15, 0.2) is 0 Å². The molecule has 0 saturated heterocycles. The van der Waals surface area contributed by atoms with Crippen molar-refractivity contribution in [3.63, 3.8) is 0 Å². The summed E-state index contributed by atoms with van der Waals surface area (Å²) in [4.78, 5) is 2.61. The van der Waals surface area contributed by atoms with Gasteiger partial charge in [-0.05, 0) is 84.6 Å². The molecule has 1 aliphatic rings. The van der Waals surface area contributed by atoms with Crippen LogP contribution in [0.15, 0.2) is 137 Å². The summed E-state index contributed by atoms with van der Waals surface area (Å²) in [5.74, 6) is -0.220. The van der Waals surface area contributed by atoms with Gasteiger partial charge in [-0.3, -0.25) is 0 Å². The molecule has 0 amide bonds. The summed E-state index contributed by atoms with van der Waals surface area (Å²) in [6.07, 6.45) is 0. The minimum absolute atomic E-state index is 0.220. The standard InChI is InChI=1S/C36H21FS/c37-23-18-16-22(17-19-23)34-25-9-1-3-11-27(25)35(28-12-4-2-10-26(28)34)31-21-20-30-24-8-5-6-14-32(24)38-33-15-7-13-29(31)36(30)33/h1-21H. The first-order valence-electron chi connectivity index (χ1n) is 12.8. The Hall–Kier alpha value is -4.40. The van der Waals surface area contributed by atoms with Crippen molar-refractivity contribution in [1.82, 2.24) is 0 Å². The first kappa shape index (κ1) is 21.7. The molecule has 0 bridgehead atoms. The molecule has 0 fully saturated rings. The van der Waals surface area contributed by atoms with Crippen LogP contribution in [0.1, 0.15) is 0 Å². The van der Waals surface area contributed by atoms with Crippen molar-refractivity contribution in [3.8, 4) is 33.4 Å². The molecule has 0 unspecified atom stereocenters. The zero-order valence-corrected chi connectivity index (χ0v) is 21.2. The highest BCUT2D eigenvalue weighted by atomic mass is 32.2. The molecule has 0 atom stereocenters. The second kappa shape index (κ2) is 8.31. The van der Waals surface area contributed by atoms with E-state index in [2.05, 4.69) is 103 Å². The van der Waals surface area contributed by atoms with E-state index in [1.807, 2.05) is 23.9 Å². The smallest absolute Gasteiger partial charge is 0.123 e. The molecule has 1 aliphatic heterocycles. The molecule has 2 heteroatoms. The van der Waals surface area contributed by atoms with E-state index in [1.165, 1.54) is 64.4 Å². The van der Waals surface area contributed by atoms with E-state index >= 15 is 0 Å². The quantitative estimate of drug-likeness (QED) is 0.211. The maximum atomic E-state index is 13.9. The van der Waals surface area contributed by atoms with Crippen LogP contribution in [-0.2, 0) is 0 Å². The van der Waals surface area contributed by atoms with Gasteiger partial charge >= 0.3 is 0 Å².